The molecule has 0 bridgehead atoms. The topological polar surface area (TPSA) is 37.8 Å². The maximum absolute atomic E-state index is 13.1. The molecule has 2 heterocycles. The quantitative estimate of drug-likeness (QED) is 0.760. The highest BCUT2D eigenvalue weighted by atomic mass is 32.1. The molecule has 21 heavy (non-hydrogen) atoms. The van der Waals surface area contributed by atoms with Gasteiger partial charge in [0.2, 0.25) is 0 Å². The number of hydrogen-bond donors (Lipinski definition) is 1. The molecule has 1 atom stereocenters. The predicted molar refractivity (Wildman–Crippen MR) is 92.0 cm³/mol. The van der Waals surface area contributed by atoms with Crippen LogP contribution >= 0.6 is 23.6 Å². The normalized spacial score (nSPS) is 21.8. The van der Waals surface area contributed by atoms with Gasteiger partial charge in [-0.1, -0.05) is 26.7 Å². The van der Waals surface area contributed by atoms with E-state index < -0.39 is 0 Å². The number of rotatable bonds is 1. The molecule has 1 aliphatic carbocycles. The largest absolute Gasteiger partial charge is 0.323 e. The van der Waals surface area contributed by atoms with Crippen molar-refractivity contribution in [2.24, 2.45) is 5.41 Å². The zero-order valence-electron chi connectivity index (χ0n) is 13.1. The Bertz CT molecular complexity index is 810. The van der Waals surface area contributed by atoms with Crippen molar-refractivity contribution in [3.05, 3.63) is 25.6 Å². The van der Waals surface area contributed by atoms with Gasteiger partial charge in [0.15, 0.2) is 4.77 Å². The molecule has 1 saturated carbocycles. The van der Waals surface area contributed by atoms with E-state index >= 15 is 0 Å². The second kappa shape index (κ2) is 5.06. The van der Waals surface area contributed by atoms with E-state index in [2.05, 4.69) is 25.8 Å². The Balaban J connectivity index is 2.30. The SMILES string of the molecule is Cc1sc2[nH]c(=S)n(C3CCCCC3(C)C)c(=O)c2c1C. The van der Waals surface area contributed by atoms with Crippen molar-refractivity contribution in [2.75, 3.05) is 0 Å². The first-order valence-corrected chi connectivity index (χ1v) is 8.80. The van der Waals surface area contributed by atoms with Crippen molar-refractivity contribution in [3.8, 4) is 0 Å². The van der Waals surface area contributed by atoms with E-state index in [9.17, 15) is 4.79 Å². The minimum Gasteiger partial charge on any atom is -0.323 e. The van der Waals surface area contributed by atoms with Gasteiger partial charge in [0.05, 0.1) is 5.39 Å². The van der Waals surface area contributed by atoms with Gasteiger partial charge in [-0.25, -0.2) is 0 Å². The molecule has 0 radical (unpaired) electrons. The second-order valence-corrected chi connectivity index (χ2v) is 8.45. The van der Waals surface area contributed by atoms with Crippen molar-refractivity contribution in [3.63, 3.8) is 0 Å². The fraction of sp³-hybridized carbons (Fsp3) is 0.625. The standard InChI is InChI=1S/C16H22N2OS2/c1-9-10(2)21-13-12(9)14(19)18(15(20)17-13)11-7-5-6-8-16(11,3)4/h11H,5-8H2,1-4H3,(H,17,20). The van der Waals surface area contributed by atoms with Gasteiger partial charge in [-0.15, -0.1) is 11.3 Å². The summed E-state index contributed by atoms with van der Waals surface area (Å²) in [6, 6.07) is 0.200. The molecule has 1 N–H and O–H groups in total. The fourth-order valence-electron chi connectivity index (χ4n) is 3.58. The van der Waals surface area contributed by atoms with Crippen molar-refractivity contribution in [2.45, 2.75) is 59.4 Å². The predicted octanol–water partition coefficient (Wildman–Crippen LogP) is 4.88. The van der Waals surface area contributed by atoms with Crippen LogP contribution in [-0.2, 0) is 0 Å². The molecular weight excluding hydrogens is 300 g/mol. The number of aromatic amines is 1. The summed E-state index contributed by atoms with van der Waals surface area (Å²) >= 11 is 7.14. The molecule has 2 aromatic rings. The van der Waals surface area contributed by atoms with Crippen LogP contribution < -0.4 is 5.56 Å². The first-order valence-electron chi connectivity index (χ1n) is 7.57. The van der Waals surface area contributed by atoms with Crippen molar-refractivity contribution >= 4 is 33.8 Å². The average Bonchev–Trinajstić information content (AvgIpc) is 2.66. The van der Waals surface area contributed by atoms with Gasteiger partial charge in [-0.05, 0) is 49.9 Å². The van der Waals surface area contributed by atoms with E-state index in [0.717, 1.165) is 28.6 Å². The molecule has 114 valence electrons. The van der Waals surface area contributed by atoms with Crippen LogP contribution in [0.2, 0.25) is 0 Å². The van der Waals surface area contributed by atoms with Crippen LogP contribution in [0, 0.1) is 24.0 Å². The molecule has 1 fully saturated rings. The highest BCUT2D eigenvalue weighted by molar-refractivity contribution is 7.71. The lowest BCUT2D eigenvalue weighted by atomic mass is 9.73. The lowest BCUT2D eigenvalue weighted by Crippen LogP contribution is -2.37. The molecule has 1 unspecified atom stereocenters. The van der Waals surface area contributed by atoms with Crippen molar-refractivity contribution in [1.29, 1.82) is 0 Å². The van der Waals surface area contributed by atoms with Gasteiger partial charge in [-0.2, -0.15) is 0 Å². The molecule has 2 aromatic heterocycles. The zero-order chi connectivity index (χ0) is 15.4. The van der Waals surface area contributed by atoms with E-state index in [0.29, 0.717) is 4.77 Å². The van der Waals surface area contributed by atoms with E-state index in [4.69, 9.17) is 12.2 Å². The lowest BCUT2D eigenvalue weighted by Gasteiger charge is -2.39. The van der Waals surface area contributed by atoms with Crippen molar-refractivity contribution < 1.29 is 0 Å². The first-order chi connectivity index (χ1) is 9.83. The summed E-state index contributed by atoms with van der Waals surface area (Å²) in [6.07, 6.45) is 4.61. The number of aryl methyl sites for hydroxylation is 2. The number of nitrogens with zero attached hydrogens (tertiary/aromatic N) is 1. The zero-order valence-corrected chi connectivity index (χ0v) is 14.7. The van der Waals surface area contributed by atoms with Gasteiger partial charge < -0.3 is 4.98 Å². The first kappa shape index (κ1) is 15.0. The summed E-state index contributed by atoms with van der Waals surface area (Å²) in [4.78, 5) is 18.5. The van der Waals surface area contributed by atoms with Gasteiger partial charge in [0.25, 0.3) is 5.56 Å². The average molecular weight is 322 g/mol. The summed E-state index contributed by atoms with van der Waals surface area (Å²) in [7, 11) is 0. The molecule has 0 spiro atoms. The number of hydrogen-bond acceptors (Lipinski definition) is 3. The van der Waals surface area contributed by atoms with Gasteiger partial charge in [0.1, 0.15) is 4.83 Å². The summed E-state index contributed by atoms with van der Waals surface area (Å²) in [6.45, 7) is 8.61. The summed E-state index contributed by atoms with van der Waals surface area (Å²) in [5.41, 5.74) is 1.31. The molecule has 5 heteroatoms. The minimum atomic E-state index is 0.0931. The summed E-state index contributed by atoms with van der Waals surface area (Å²) < 4.78 is 2.43. The Labute approximate surface area is 134 Å². The Hall–Kier alpha value is -0.940. The van der Waals surface area contributed by atoms with Crippen LogP contribution in [0.1, 0.15) is 56.0 Å². The van der Waals surface area contributed by atoms with E-state index in [-0.39, 0.29) is 17.0 Å². The molecule has 0 aliphatic heterocycles. The molecule has 3 rings (SSSR count). The Morgan fingerprint density at radius 1 is 1.33 bits per heavy atom. The van der Waals surface area contributed by atoms with Gasteiger partial charge in [0, 0.05) is 10.9 Å². The van der Waals surface area contributed by atoms with Crippen molar-refractivity contribution in [1.82, 2.24) is 9.55 Å². The maximum Gasteiger partial charge on any atom is 0.263 e. The highest BCUT2D eigenvalue weighted by Crippen LogP contribution is 2.43. The third-order valence-corrected chi connectivity index (χ3v) is 6.44. The monoisotopic (exact) mass is 322 g/mol. The van der Waals surface area contributed by atoms with E-state index in [1.807, 2.05) is 11.5 Å². The molecule has 0 saturated heterocycles. The summed E-state index contributed by atoms with van der Waals surface area (Å²) in [5, 5.41) is 0.826. The second-order valence-electron chi connectivity index (χ2n) is 6.84. The maximum atomic E-state index is 13.1. The van der Waals surface area contributed by atoms with Gasteiger partial charge >= 0.3 is 0 Å². The number of nitrogens with one attached hydrogen (secondary N) is 1. The van der Waals surface area contributed by atoms with Crippen LogP contribution in [0.3, 0.4) is 0 Å². The molecule has 3 nitrogen and oxygen atoms in total. The number of H-pyrrole nitrogens is 1. The van der Waals surface area contributed by atoms with E-state index in [1.54, 1.807) is 11.3 Å². The molecular formula is C16H22N2OS2. The number of thiophene rings is 1. The molecule has 0 aromatic carbocycles. The molecule has 1 aliphatic rings. The third kappa shape index (κ3) is 2.30. The van der Waals surface area contributed by atoms with Crippen LogP contribution in [0.25, 0.3) is 10.2 Å². The van der Waals surface area contributed by atoms with Crippen LogP contribution in [0.5, 0.6) is 0 Å². The summed E-state index contributed by atoms with van der Waals surface area (Å²) in [5.74, 6) is 0. The Kier molecular flexibility index (Phi) is 3.61. The minimum absolute atomic E-state index is 0.0931. The third-order valence-electron chi connectivity index (χ3n) is 5.02. The fourth-order valence-corrected chi connectivity index (χ4v) is 5.01. The van der Waals surface area contributed by atoms with Gasteiger partial charge in [-0.3, -0.25) is 9.36 Å². The Morgan fingerprint density at radius 2 is 2.05 bits per heavy atom. The van der Waals surface area contributed by atoms with Crippen LogP contribution in [0.15, 0.2) is 4.79 Å². The molecule has 0 amide bonds. The number of aromatic nitrogens is 2. The lowest BCUT2D eigenvalue weighted by molar-refractivity contribution is 0.139. The number of fused-ring (bicyclic) bond motifs is 1. The van der Waals surface area contributed by atoms with E-state index in [1.165, 1.54) is 17.7 Å². The highest BCUT2D eigenvalue weighted by Gasteiger charge is 2.35. The van der Waals surface area contributed by atoms with Crippen LogP contribution in [-0.4, -0.2) is 9.55 Å². The smallest absolute Gasteiger partial charge is 0.263 e. The van der Waals surface area contributed by atoms with Crippen LogP contribution in [0.4, 0.5) is 0 Å². The Morgan fingerprint density at radius 3 is 2.71 bits per heavy atom.